The molecule has 3 aromatic carbocycles. The topological polar surface area (TPSA) is 109 Å². The van der Waals surface area contributed by atoms with Gasteiger partial charge in [0.1, 0.15) is 18.2 Å². The van der Waals surface area contributed by atoms with Crippen LogP contribution >= 0.6 is 0 Å². The minimum atomic E-state index is -0.351. The Kier molecular flexibility index (Phi) is 6.17. The molecule has 0 atom stereocenters. The molecule has 0 unspecified atom stereocenters. The highest BCUT2D eigenvalue weighted by atomic mass is 19.1. The number of aliphatic imine (C=N–C) groups is 1. The van der Waals surface area contributed by atoms with Gasteiger partial charge in [-0.05, 0) is 49.4 Å². The summed E-state index contributed by atoms with van der Waals surface area (Å²) in [6.07, 6.45) is 1.51. The van der Waals surface area contributed by atoms with Gasteiger partial charge in [-0.3, -0.25) is 18.9 Å². The molecule has 2 aromatic heterocycles. The van der Waals surface area contributed by atoms with Crippen molar-refractivity contribution in [3.05, 3.63) is 118 Å². The van der Waals surface area contributed by atoms with Gasteiger partial charge in [-0.1, -0.05) is 36.1 Å². The number of fused-ring (bicyclic) bond motifs is 4. The lowest BCUT2D eigenvalue weighted by Crippen LogP contribution is -2.19. The largest absolute Gasteiger partial charge is 0.412 e. The number of aromatic nitrogens is 5. The Morgan fingerprint density at radius 3 is 2.68 bits per heavy atom. The van der Waals surface area contributed by atoms with Crippen LogP contribution in [0.4, 0.5) is 4.39 Å². The van der Waals surface area contributed by atoms with Gasteiger partial charge in [-0.25, -0.2) is 9.37 Å². The maximum absolute atomic E-state index is 14.8. The average molecular weight is 493 g/mol. The van der Waals surface area contributed by atoms with Gasteiger partial charge in [-0.2, -0.15) is 0 Å². The molecule has 0 radical (unpaired) electrons. The zero-order valence-electron chi connectivity index (χ0n) is 19.8. The van der Waals surface area contributed by atoms with E-state index in [2.05, 4.69) is 27.0 Å². The number of aryl methyl sites for hydroxylation is 1. The summed E-state index contributed by atoms with van der Waals surface area (Å²) in [6.45, 7) is 2.34. The molecule has 182 valence electrons. The van der Waals surface area contributed by atoms with Crippen LogP contribution in [0.3, 0.4) is 0 Å². The lowest BCUT2D eigenvalue weighted by molar-refractivity contribution is 0.625. The second kappa shape index (κ2) is 9.60. The minimum Gasteiger partial charge on any atom is -0.412 e. The lowest BCUT2D eigenvalue weighted by Gasteiger charge is -2.13. The Labute approximate surface area is 211 Å². The SMILES string of the molecule is Cc1nnc2n1-c1ccc(C#CCn3cnc4ccccc4c3=O)cc1C(c1ccccc1F)=NC2.O. The number of hydrogen-bond donors (Lipinski definition) is 0. The zero-order chi connectivity index (χ0) is 24.6. The summed E-state index contributed by atoms with van der Waals surface area (Å²) in [6, 6.07) is 19.5. The van der Waals surface area contributed by atoms with Gasteiger partial charge < -0.3 is 5.48 Å². The Balaban J connectivity index is 0.00000280. The van der Waals surface area contributed by atoms with E-state index in [1.807, 2.05) is 41.8 Å². The first-order valence-electron chi connectivity index (χ1n) is 11.4. The number of rotatable bonds is 2. The molecule has 1 aliphatic heterocycles. The van der Waals surface area contributed by atoms with Gasteiger partial charge in [0.15, 0.2) is 5.82 Å². The van der Waals surface area contributed by atoms with E-state index in [0.717, 1.165) is 17.1 Å². The molecule has 0 aliphatic carbocycles. The predicted octanol–water partition coefficient (Wildman–Crippen LogP) is 3.00. The normalized spacial score (nSPS) is 11.9. The first kappa shape index (κ1) is 23.8. The van der Waals surface area contributed by atoms with E-state index in [1.165, 1.54) is 17.0 Å². The first-order chi connectivity index (χ1) is 17.6. The highest BCUT2D eigenvalue weighted by Crippen LogP contribution is 2.27. The van der Waals surface area contributed by atoms with Crippen molar-refractivity contribution in [1.29, 1.82) is 0 Å². The molecular weight excluding hydrogens is 471 g/mol. The molecule has 6 rings (SSSR count). The van der Waals surface area contributed by atoms with Gasteiger partial charge >= 0.3 is 0 Å². The molecule has 37 heavy (non-hydrogen) atoms. The van der Waals surface area contributed by atoms with Crippen LogP contribution in [-0.4, -0.2) is 35.5 Å². The van der Waals surface area contributed by atoms with Crippen LogP contribution in [0.15, 0.2) is 82.8 Å². The fourth-order valence-electron chi connectivity index (χ4n) is 4.38. The maximum atomic E-state index is 14.8. The molecule has 0 bridgehead atoms. The van der Waals surface area contributed by atoms with Crippen molar-refractivity contribution in [3.8, 4) is 17.5 Å². The fraction of sp³-hybridized carbons (Fsp3) is 0.107. The number of para-hydroxylation sites is 1. The van der Waals surface area contributed by atoms with Crippen molar-refractivity contribution in [2.75, 3.05) is 0 Å². The first-order valence-corrected chi connectivity index (χ1v) is 11.4. The van der Waals surface area contributed by atoms with Crippen molar-refractivity contribution >= 4 is 16.6 Å². The van der Waals surface area contributed by atoms with Gasteiger partial charge in [0.2, 0.25) is 0 Å². The Hall–Kier alpha value is -4.94. The van der Waals surface area contributed by atoms with Crippen molar-refractivity contribution in [1.82, 2.24) is 24.3 Å². The molecule has 8 nitrogen and oxygen atoms in total. The van der Waals surface area contributed by atoms with Crippen molar-refractivity contribution in [2.45, 2.75) is 20.0 Å². The molecule has 3 heterocycles. The Morgan fingerprint density at radius 2 is 1.81 bits per heavy atom. The molecule has 5 aromatic rings. The minimum absolute atomic E-state index is 0. The van der Waals surface area contributed by atoms with Crippen LogP contribution in [0.1, 0.15) is 28.3 Å². The molecule has 0 spiro atoms. The summed E-state index contributed by atoms with van der Waals surface area (Å²) in [4.78, 5) is 21.8. The number of nitrogens with zero attached hydrogens (tertiary/aromatic N) is 6. The van der Waals surface area contributed by atoms with Crippen molar-refractivity contribution in [3.63, 3.8) is 0 Å². The molecule has 1 aliphatic rings. The summed E-state index contributed by atoms with van der Waals surface area (Å²) < 4.78 is 18.2. The summed E-state index contributed by atoms with van der Waals surface area (Å²) in [5, 5.41) is 8.99. The second-order valence-electron chi connectivity index (χ2n) is 8.37. The molecular formula is C28H21FN6O2. The summed E-state index contributed by atoms with van der Waals surface area (Å²) in [7, 11) is 0. The van der Waals surface area contributed by atoms with E-state index in [-0.39, 0.29) is 29.9 Å². The van der Waals surface area contributed by atoms with Crippen molar-refractivity contribution < 1.29 is 9.87 Å². The number of benzene rings is 3. The lowest BCUT2D eigenvalue weighted by atomic mass is 9.98. The van der Waals surface area contributed by atoms with Crippen LogP contribution in [-0.2, 0) is 13.1 Å². The van der Waals surface area contributed by atoms with Crippen molar-refractivity contribution in [2.24, 2.45) is 4.99 Å². The van der Waals surface area contributed by atoms with E-state index in [4.69, 9.17) is 4.99 Å². The molecule has 0 saturated heterocycles. The van der Waals surface area contributed by atoms with Crippen LogP contribution in [0.25, 0.3) is 16.6 Å². The van der Waals surface area contributed by atoms with Crippen LogP contribution in [0, 0.1) is 24.6 Å². The van der Waals surface area contributed by atoms with E-state index in [0.29, 0.717) is 33.6 Å². The maximum Gasteiger partial charge on any atom is 0.262 e. The second-order valence-corrected chi connectivity index (χ2v) is 8.37. The van der Waals surface area contributed by atoms with Crippen LogP contribution in [0.2, 0.25) is 0 Å². The highest BCUT2D eigenvalue weighted by Gasteiger charge is 2.23. The van der Waals surface area contributed by atoms with E-state index >= 15 is 0 Å². The van der Waals surface area contributed by atoms with E-state index in [9.17, 15) is 9.18 Å². The summed E-state index contributed by atoms with van der Waals surface area (Å²) in [5.41, 5.74) is 3.72. The van der Waals surface area contributed by atoms with E-state index < -0.39 is 0 Å². The standard InChI is InChI=1S/C28H19FN6O.H2O/c1-18-32-33-26-16-30-27(20-8-2-4-10-23(20)29)22-15-19(12-13-25(22)35(18)26)7-6-14-34-17-31-24-11-5-3-9-21(24)28(34)36;/h2-5,8-13,15,17H,14,16H2,1H3;1H2. The summed E-state index contributed by atoms with van der Waals surface area (Å²) >= 11 is 0. The fourth-order valence-corrected chi connectivity index (χ4v) is 4.38. The quantitative estimate of drug-likeness (QED) is 0.353. The molecule has 2 N–H and O–H groups in total. The van der Waals surface area contributed by atoms with Gasteiger partial charge in [0.25, 0.3) is 5.56 Å². The predicted molar refractivity (Wildman–Crippen MR) is 138 cm³/mol. The van der Waals surface area contributed by atoms with E-state index in [1.54, 1.807) is 30.3 Å². The third-order valence-corrected chi connectivity index (χ3v) is 6.11. The zero-order valence-corrected chi connectivity index (χ0v) is 19.8. The summed E-state index contributed by atoms with van der Waals surface area (Å²) in [5.74, 6) is 7.25. The average Bonchev–Trinajstić information content (AvgIpc) is 3.18. The Morgan fingerprint density at radius 1 is 1.00 bits per heavy atom. The van der Waals surface area contributed by atoms with Gasteiger partial charge in [-0.15, -0.1) is 10.2 Å². The third-order valence-electron chi connectivity index (χ3n) is 6.11. The molecule has 0 amide bonds. The molecule has 9 heteroatoms. The molecule has 0 fully saturated rings. The van der Waals surface area contributed by atoms with Crippen LogP contribution < -0.4 is 5.56 Å². The van der Waals surface area contributed by atoms with Gasteiger partial charge in [0, 0.05) is 16.7 Å². The monoisotopic (exact) mass is 492 g/mol. The smallest absolute Gasteiger partial charge is 0.262 e. The van der Waals surface area contributed by atoms with Crippen LogP contribution in [0.5, 0.6) is 0 Å². The molecule has 0 saturated carbocycles. The third kappa shape index (κ3) is 4.20. The highest BCUT2D eigenvalue weighted by molar-refractivity contribution is 6.15. The number of hydrogen-bond acceptors (Lipinski definition) is 5. The Bertz CT molecular complexity index is 1810. The van der Waals surface area contributed by atoms with Gasteiger partial charge in [0.05, 0.1) is 35.2 Å². The number of halogens is 1.